The maximum atomic E-state index is 6.72. The lowest BCUT2D eigenvalue weighted by molar-refractivity contribution is 0.268. The van der Waals surface area contributed by atoms with Crippen LogP contribution >= 0.6 is 0 Å². The summed E-state index contributed by atoms with van der Waals surface area (Å²) in [5, 5.41) is 4.52. The molecule has 3 radical (unpaired) electrons. The van der Waals surface area contributed by atoms with Gasteiger partial charge in [0.25, 0.3) is 0 Å². The van der Waals surface area contributed by atoms with Crippen LogP contribution in [0.5, 0.6) is 5.75 Å². The van der Waals surface area contributed by atoms with Crippen LogP contribution in [0.25, 0.3) is 22.3 Å². The van der Waals surface area contributed by atoms with Gasteiger partial charge in [0, 0.05) is 34.3 Å². The molecule has 0 saturated carbocycles. The molecule has 52 heavy (non-hydrogen) atoms. The summed E-state index contributed by atoms with van der Waals surface area (Å²) in [6, 6.07) is 32.3. The van der Waals surface area contributed by atoms with Gasteiger partial charge in [0.2, 0.25) is 0 Å². The summed E-state index contributed by atoms with van der Waals surface area (Å²) in [5.74, 6) is 1.92. The molecule has 0 spiro atoms. The van der Waals surface area contributed by atoms with Gasteiger partial charge in [-0.2, -0.15) is 0 Å². The number of rotatable bonds is 6. The topological polar surface area (TPSA) is 12.5 Å². The van der Waals surface area contributed by atoms with Crippen LogP contribution in [0.4, 0.5) is 11.4 Å². The van der Waals surface area contributed by atoms with Crippen molar-refractivity contribution in [3.05, 3.63) is 185 Å². The van der Waals surface area contributed by atoms with Crippen LogP contribution in [-0.4, -0.2) is 30.5 Å². The van der Waals surface area contributed by atoms with Crippen molar-refractivity contribution in [3.8, 4) is 16.9 Å². The number of benzene rings is 4. The van der Waals surface area contributed by atoms with Crippen molar-refractivity contribution in [1.29, 1.82) is 0 Å². The molecule has 0 saturated heterocycles. The molecular weight excluding hydrogens is 663 g/mol. The molecule has 2 heterocycles. The summed E-state index contributed by atoms with van der Waals surface area (Å²) < 4.78 is 6.72. The molecule has 251 valence electrons. The van der Waals surface area contributed by atoms with Gasteiger partial charge in [0.1, 0.15) is 20.7 Å². The Labute approximate surface area is 311 Å². The first-order valence-corrected chi connectivity index (χ1v) is 22.1. The molecule has 0 fully saturated rings. The zero-order valence-electron chi connectivity index (χ0n) is 29.6. The smallest absolute Gasteiger partial charge is 0.131 e. The van der Waals surface area contributed by atoms with E-state index in [4.69, 9.17) is 4.74 Å². The molecule has 2 aliphatic heterocycles. The first-order valence-electron chi connectivity index (χ1n) is 18.6. The highest BCUT2D eigenvalue weighted by Crippen LogP contribution is 2.49. The Morgan fingerprint density at radius 2 is 1.60 bits per heavy atom. The molecule has 4 atom stereocenters. The summed E-state index contributed by atoms with van der Waals surface area (Å²) in [7, 11) is -0.190. The van der Waals surface area contributed by atoms with Crippen LogP contribution in [0.2, 0.25) is 13.1 Å². The minimum atomic E-state index is -0.931. The highest BCUT2D eigenvalue weighted by Gasteiger charge is 2.41. The number of allylic oxidation sites excluding steroid dienone is 12. The summed E-state index contributed by atoms with van der Waals surface area (Å²) in [6.45, 7) is 4.77. The fourth-order valence-corrected chi connectivity index (χ4v) is 12.3. The van der Waals surface area contributed by atoms with Gasteiger partial charge in [-0.05, 0) is 81.8 Å². The summed E-state index contributed by atoms with van der Waals surface area (Å²) in [5.41, 5.74) is 13.2. The van der Waals surface area contributed by atoms with Gasteiger partial charge < -0.3 is 9.64 Å². The standard InChI is InChI=1S/C48H40NOSi2/c1-51-44-20-8-6-17-39(44)35-14-10-16-37(29-35)49(36-15-9-13-33(28-36)34-22-21-31-11-3-4-12-32(31)27-34)38-23-24-42-46(30-38)52(2)45-26-25-41-40-18-5-7-19-43(40)50-48(41)47(42)45/h3-20,22-29,31,38,40,43H,21,30H2,1-2H3. The van der Waals surface area contributed by atoms with Crippen LogP contribution in [0.15, 0.2) is 169 Å². The van der Waals surface area contributed by atoms with E-state index in [0.717, 1.165) is 28.1 Å². The first kappa shape index (κ1) is 31.6. The zero-order chi connectivity index (χ0) is 34.8. The number of fused-ring (bicyclic) bond motifs is 7. The Bertz CT molecular complexity index is 2380. The van der Waals surface area contributed by atoms with Crippen LogP contribution in [0.1, 0.15) is 35.4 Å². The van der Waals surface area contributed by atoms with E-state index < -0.39 is 8.80 Å². The van der Waals surface area contributed by atoms with E-state index in [2.05, 4.69) is 176 Å². The maximum absolute atomic E-state index is 6.72. The lowest BCUT2D eigenvalue weighted by atomic mass is 9.84. The second-order valence-corrected chi connectivity index (χ2v) is 18.0. The lowest BCUT2D eigenvalue weighted by Crippen LogP contribution is -2.34. The number of hydrogen-bond acceptors (Lipinski definition) is 2. The van der Waals surface area contributed by atoms with Crippen molar-refractivity contribution in [3.63, 3.8) is 0 Å². The molecule has 2 nitrogen and oxygen atoms in total. The molecular formula is C48H40NOSi2. The van der Waals surface area contributed by atoms with E-state index in [1.165, 1.54) is 66.3 Å². The lowest BCUT2D eigenvalue weighted by Gasteiger charge is -2.35. The van der Waals surface area contributed by atoms with E-state index in [-0.39, 0.29) is 12.1 Å². The predicted octanol–water partition coefficient (Wildman–Crippen LogP) is 9.96. The number of nitrogens with zero attached hydrogens (tertiary/aromatic N) is 1. The minimum absolute atomic E-state index is 0.101. The van der Waals surface area contributed by atoms with E-state index >= 15 is 0 Å². The molecule has 0 bridgehead atoms. The van der Waals surface area contributed by atoms with Gasteiger partial charge in [0.15, 0.2) is 0 Å². The third-order valence-corrected chi connectivity index (χ3v) is 15.3. The fourth-order valence-electron chi connectivity index (χ4n) is 9.11. The quantitative estimate of drug-likeness (QED) is 0.186. The normalized spacial score (nSPS) is 23.3. The van der Waals surface area contributed by atoms with E-state index in [0.29, 0.717) is 11.8 Å². The summed E-state index contributed by atoms with van der Waals surface area (Å²) >= 11 is 0. The molecule has 4 heteroatoms. The SMILES string of the molecule is C[Si]c1ccccc1-c1cccc(N(c2cccc(C3=CCC4C=CC=CC4=C3)c2)C2C=CC3=C(C2)[Si](C)c2ccc4c(c23)OC2C=CC=CC42)c1. The number of anilines is 2. The Balaban J connectivity index is 1.06. The van der Waals surface area contributed by atoms with Gasteiger partial charge in [0.05, 0.1) is 15.6 Å². The van der Waals surface area contributed by atoms with Gasteiger partial charge in [-0.25, -0.2) is 0 Å². The maximum Gasteiger partial charge on any atom is 0.131 e. The van der Waals surface area contributed by atoms with E-state index in [1.54, 1.807) is 5.20 Å². The minimum Gasteiger partial charge on any atom is -0.484 e. The largest absolute Gasteiger partial charge is 0.484 e. The third kappa shape index (κ3) is 5.19. The average Bonchev–Trinajstić information content (AvgIpc) is 3.72. The van der Waals surface area contributed by atoms with E-state index in [1.807, 2.05) is 0 Å². The van der Waals surface area contributed by atoms with Crippen molar-refractivity contribution >= 4 is 51.2 Å². The van der Waals surface area contributed by atoms with Gasteiger partial charge in [-0.3, -0.25) is 0 Å². The third-order valence-electron chi connectivity index (χ3n) is 11.7. The van der Waals surface area contributed by atoms with Crippen LogP contribution in [-0.2, 0) is 0 Å². The fraction of sp³-hybridized carbons (Fsp3) is 0.167. The Morgan fingerprint density at radius 1 is 0.788 bits per heavy atom. The Morgan fingerprint density at radius 3 is 2.48 bits per heavy atom. The number of hydrogen-bond donors (Lipinski definition) is 0. The van der Waals surface area contributed by atoms with Crippen molar-refractivity contribution in [1.82, 2.24) is 0 Å². The van der Waals surface area contributed by atoms with Gasteiger partial charge >= 0.3 is 0 Å². The second kappa shape index (κ2) is 12.8. The Hall–Kier alpha value is -5.17. The molecule has 0 amide bonds. The van der Waals surface area contributed by atoms with Crippen molar-refractivity contribution in [2.24, 2.45) is 5.92 Å². The number of ether oxygens (including phenoxy) is 1. The molecule has 0 N–H and O–H groups in total. The van der Waals surface area contributed by atoms with Crippen LogP contribution in [0.3, 0.4) is 0 Å². The molecule has 4 aromatic carbocycles. The first-order chi connectivity index (χ1) is 25.6. The average molecular weight is 703 g/mol. The zero-order valence-corrected chi connectivity index (χ0v) is 31.6. The monoisotopic (exact) mass is 702 g/mol. The Kier molecular flexibility index (Phi) is 7.77. The van der Waals surface area contributed by atoms with Crippen molar-refractivity contribution < 1.29 is 4.74 Å². The molecule has 10 rings (SSSR count). The highest BCUT2D eigenvalue weighted by molar-refractivity contribution is 6.82. The summed E-state index contributed by atoms with van der Waals surface area (Å²) in [4.78, 5) is 2.61. The van der Waals surface area contributed by atoms with Gasteiger partial charge in [-0.15, -0.1) is 0 Å². The van der Waals surface area contributed by atoms with E-state index in [9.17, 15) is 0 Å². The molecule has 4 aliphatic carbocycles. The van der Waals surface area contributed by atoms with Crippen LogP contribution in [0, 0.1) is 5.92 Å². The molecule has 4 aromatic rings. The van der Waals surface area contributed by atoms with Crippen molar-refractivity contribution in [2.45, 2.75) is 44.0 Å². The molecule has 6 aliphatic rings. The summed E-state index contributed by atoms with van der Waals surface area (Å²) in [6.07, 6.45) is 29.6. The van der Waals surface area contributed by atoms with Crippen LogP contribution < -0.4 is 20.0 Å². The predicted molar refractivity (Wildman–Crippen MR) is 222 cm³/mol. The molecule has 0 aromatic heterocycles. The van der Waals surface area contributed by atoms with Crippen molar-refractivity contribution in [2.75, 3.05) is 4.90 Å². The molecule has 4 unspecified atom stereocenters. The van der Waals surface area contributed by atoms with Gasteiger partial charge in [-0.1, -0.05) is 151 Å². The second-order valence-electron chi connectivity index (χ2n) is 14.6. The highest BCUT2D eigenvalue weighted by atomic mass is 28.3.